The zero-order chi connectivity index (χ0) is 13.8. The fourth-order valence-electron chi connectivity index (χ4n) is 1.90. The van der Waals surface area contributed by atoms with Gasteiger partial charge in [-0.1, -0.05) is 41.4 Å². The zero-order valence-corrected chi connectivity index (χ0v) is 11.9. The van der Waals surface area contributed by atoms with Gasteiger partial charge in [-0.25, -0.2) is 0 Å². The number of hydrogen-bond donors (Lipinski definition) is 1. The third kappa shape index (κ3) is 3.72. The van der Waals surface area contributed by atoms with Gasteiger partial charge < -0.3 is 10.5 Å². The Balaban J connectivity index is 2.30. The molecule has 2 aromatic carbocycles. The first-order valence-corrected chi connectivity index (χ1v) is 6.71. The topological polar surface area (TPSA) is 35.2 Å². The van der Waals surface area contributed by atoms with Crippen molar-refractivity contribution in [1.29, 1.82) is 0 Å². The maximum absolute atomic E-state index is 6.23. The molecule has 2 nitrogen and oxygen atoms in total. The smallest absolute Gasteiger partial charge is 0.149 e. The molecule has 2 rings (SSSR count). The van der Waals surface area contributed by atoms with E-state index in [4.69, 9.17) is 22.1 Å². The Bertz CT molecular complexity index is 549. The van der Waals surface area contributed by atoms with Crippen molar-refractivity contribution in [1.82, 2.24) is 0 Å². The number of halogens is 1. The fraction of sp³-hybridized carbons (Fsp3) is 0.250. The van der Waals surface area contributed by atoms with Crippen LogP contribution in [-0.2, 0) is 6.42 Å². The summed E-state index contributed by atoms with van der Waals surface area (Å²) in [5.74, 6) is 1.48. The average molecular weight is 276 g/mol. The summed E-state index contributed by atoms with van der Waals surface area (Å²) in [5.41, 5.74) is 8.09. The lowest BCUT2D eigenvalue weighted by Crippen LogP contribution is -2.18. The highest BCUT2D eigenvalue weighted by Gasteiger charge is 2.11. The molecule has 1 atom stereocenters. The van der Waals surface area contributed by atoms with Crippen molar-refractivity contribution < 1.29 is 4.74 Å². The van der Waals surface area contributed by atoms with Gasteiger partial charge in [0.2, 0.25) is 0 Å². The molecule has 0 amide bonds. The molecule has 0 bridgehead atoms. The van der Waals surface area contributed by atoms with Gasteiger partial charge in [-0.3, -0.25) is 0 Å². The SMILES string of the molecule is Cc1ccc(Oc2c(Cl)cccc2CC(C)N)cc1. The van der Waals surface area contributed by atoms with Crippen molar-refractivity contribution in [3.63, 3.8) is 0 Å². The van der Waals surface area contributed by atoms with Crippen LogP contribution in [0.4, 0.5) is 0 Å². The lowest BCUT2D eigenvalue weighted by Gasteiger charge is -2.14. The minimum Gasteiger partial charge on any atom is -0.456 e. The molecule has 100 valence electrons. The van der Waals surface area contributed by atoms with Gasteiger partial charge in [-0.2, -0.15) is 0 Å². The van der Waals surface area contributed by atoms with E-state index in [1.54, 1.807) is 0 Å². The van der Waals surface area contributed by atoms with Crippen LogP contribution in [0.3, 0.4) is 0 Å². The average Bonchev–Trinajstić information content (AvgIpc) is 2.35. The first kappa shape index (κ1) is 13.9. The van der Waals surface area contributed by atoms with Crippen LogP contribution >= 0.6 is 11.6 Å². The van der Waals surface area contributed by atoms with Crippen LogP contribution in [0.5, 0.6) is 11.5 Å². The van der Waals surface area contributed by atoms with Crippen molar-refractivity contribution in [3.8, 4) is 11.5 Å². The third-order valence-electron chi connectivity index (χ3n) is 2.83. The summed E-state index contributed by atoms with van der Waals surface area (Å²) in [6.45, 7) is 4.01. The summed E-state index contributed by atoms with van der Waals surface area (Å²) in [4.78, 5) is 0. The monoisotopic (exact) mass is 275 g/mol. The van der Waals surface area contributed by atoms with Gasteiger partial charge in [0.1, 0.15) is 11.5 Å². The molecule has 0 aromatic heterocycles. The van der Waals surface area contributed by atoms with Gasteiger partial charge >= 0.3 is 0 Å². The molecule has 0 aliphatic carbocycles. The minimum absolute atomic E-state index is 0.0684. The number of rotatable bonds is 4. The predicted octanol–water partition coefficient (Wildman–Crippen LogP) is 4.33. The Morgan fingerprint density at radius 1 is 1.16 bits per heavy atom. The second kappa shape index (κ2) is 6.09. The molecule has 2 N–H and O–H groups in total. The number of aryl methyl sites for hydroxylation is 1. The molecular weight excluding hydrogens is 258 g/mol. The van der Waals surface area contributed by atoms with Crippen molar-refractivity contribution in [2.75, 3.05) is 0 Å². The standard InChI is InChI=1S/C16H18ClNO/c1-11-6-8-14(9-7-11)19-16-13(10-12(2)18)4-3-5-15(16)17/h3-9,12H,10,18H2,1-2H3. The molecule has 0 spiro atoms. The van der Waals surface area contributed by atoms with E-state index in [2.05, 4.69) is 0 Å². The van der Waals surface area contributed by atoms with Crippen LogP contribution in [0, 0.1) is 6.92 Å². The van der Waals surface area contributed by atoms with E-state index in [-0.39, 0.29) is 6.04 Å². The van der Waals surface area contributed by atoms with Crippen LogP contribution in [0.25, 0.3) is 0 Å². The van der Waals surface area contributed by atoms with Crippen molar-refractivity contribution in [2.45, 2.75) is 26.3 Å². The summed E-state index contributed by atoms with van der Waals surface area (Å²) in [6, 6.07) is 13.7. The molecule has 0 aliphatic heterocycles. The first-order valence-electron chi connectivity index (χ1n) is 6.34. The van der Waals surface area contributed by atoms with Crippen LogP contribution in [0.15, 0.2) is 42.5 Å². The third-order valence-corrected chi connectivity index (χ3v) is 3.13. The second-order valence-electron chi connectivity index (χ2n) is 4.82. The molecule has 0 heterocycles. The summed E-state index contributed by atoms with van der Waals surface area (Å²) >= 11 is 6.23. The Labute approximate surface area is 119 Å². The zero-order valence-electron chi connectivity index (χ0n) is 11.2. The first-order chi connectivity index (χ1) is 9.06. The highest BCUT2D eigenvalue weighted by atomic mass is 35.5. The number of hydrogen-bond acceptors (Lipinski definition) is 2. The Morgan fingerprint density at radius 3 is 2.47 bits per heavy atom. The molecule has 1 unspecified atom stereocenters. The number of para-hydroxylation sites is 1. The Hall–Kier alpha value is -1.51. The van der Waals surface area contributed by atoms with Gasteiger partial charge in [-0.05, 0) is 44.0 Å². The fourth-order valence-corrected chi connectivity index (χ4v) is 2.13. The summed E-state index contributed by atoms with van der Waals surface area (Å²) < 4.78 is 5.91. The highest BCUT2D eigenvalue weighted by molar-refractivity contribution is 6.32. The van der Waals surface area contributed by atoms with Gasteiger partial charge in [0.15, 0.2) is 0 Å². The van der Waals surface area contributed by atoms with Gasteiger partial charge in [0, 0.05) is 6.04 Å². The minimum atomic E-state index is 0.0684. The van der Waals surface area contributed by atoms with E-state index < -0.39 is 0 Å². The molecule has 0 fully saturated rings. The molecule has 0 radical (unpaired) electrons. The van der Waals surface area contributed by atoms with Crippen molar-refractivity contribution in [2.24, 2.45) is 5.73 Å². The van der Waals surface area contributed by atoms with E-state index in [9.17, 15) is 0 Å². The van der Waals surface area contributed by atoms with Crippen molar-refractivity contribution >= 4 is 11.6 Å². The summed E-state index contributed by atoms with van der Waals surface area (Å²) in [6.07, 6.45) is 0.738. The number of ether oxygens (including phenoxy) is 1. The highest BCUT2D eigenvalue weighted by Crippen LogP contribution is 2.33. The number of nitrogens with two attached hydrogens (primary N) is 1. The lowest BCUT2D eigenvalue weighted by molar-refractivity contribution is 0.474. The van der Waals surface area contributed by atoms with Crippen LogP contribution in [-0.4, -0.2) is 6.04 Å². The van der Waals surface area contributed by atoms with E-state index in [0.29, 0.717) is 10.8 Å². The largest absolute Gasteiger partial charge is 0.456 e. The van der Waals surface area contributed by atoms with E-state index in [0.717, 1.165) is 17.7 Å². The molecule has 0 saturated carbocycles. The molecule has 19 heavy (non-hydrogen) atoms. The van der Waals surface area contributed by atoms with E-state index in [1.165, 1.54) is 5.56 Å². The molecule has 2 aromatic rings. The Morgan fingerprint density at radius 2 is 1.84 bits per heavy atom. The predicted molar refractivity (Wildman–Crippen MR) is 80.1 cm³/mol. The summed E-state index contributed by atoms with van der Waals surface area (Å²) in [7, 11) is 0. The van der Waals surface area contributed by atoms with Crippen molar-refractivity contribution in [3.05, 3.63) is 58.6 Å². The van der Waals surface area contributed by atoms with Crippen LogP contribution in [0.2, 0.25) is 5.02 Å². The molecule has 3 heteroatoms. The van der Waals surface area contributed by atoms with Gasteiger partial charge in [0.25, 0.3) is 0 Å². The molecular formula is C16H18ClNO. The van der Waals surface area contributed by atoms with E-state index in [1.807, 2.05) is 56.3 Å². The maximum atomic E-state index is 6.23. The van der Waals surface area contributed by atoms with Gasteiger partial charge in [-0.15, -0.1) is 0 Å². The Kier molecular flexibility index (Phi) is 4.46. The van der Waals surface area contributed by atoms with Crippen LogP contribution in [0.1, 0.15) is 18.1 Å². The lowest BCUT2D eigenvalue weighted by atomic mass is 10.1. The maximum Gasteiger partial charge on any atom is 0.149 e. The van der Waals surface area contributed by atoms with E-state index >= 15 is 0 Å². The van der Waals surface area contributed by atoms with Crippen LogP contribution < -0.4 is 10.5 Å². The normalized spacial score (nSPS) is 12.2. The second-order valence-corrected chi connectivity index (χ2v) is 5.23. The molecule has 0 saturated heterocycles. The quantitative estimate of drug-likeness (QED) is 0.901. The molecule has 0 aliphatic rings. The van der Waals surface area contributed by atoms with Gasteiger partial charge in [0.05, 0.1) is 5.02 Å². The number of benzene rings is 2. The summed E-state index contributed by atoms with van der Waals surface area (Å²) in [5, 5.41) is 0.610.